The van der Waals surface area contributed by atoms with Crippen LogP contribution in [0.2, 0.25) is 0 Å². The summed E-state index contributed by atoms with van der Waals surface area (Å²) in [5.74, 6) is 0. The van der Waals surface area contributed by atoms with Crippen molar-refractivity contribution >= 4 is 0 Å². The van der Waals surface area contributed by atoms with Crippen LogP contribution in [0.3, 0.4) is 0 Å². The molecule has 0 aromatic carbocycles. The third kappa shape index (κ3) is 1.65. The van der Waals surface area contributed by atoms with Crippen molar-refractivity contribution in [2.75, 3.05) is 0 Å². The van der Waals surface area contributed by atoms with Crippen LogP contribution in [0.25, 0.3) is 11.4 Å². The smallest absolute Gasteiger partial charge is 0.111 e. The van der Waals surface area contributed by atoms with Crippen LogP contribution >= 0.6 is 0 Å². The van der Waals surface area contributed by atoms with Crippen LogP contribution in [0.15, 0.2) is 24.4 Å². The maximum atomic E-state index is 5.48. The molecule has 0 unspecified atom stereocenters. The van der Waals surface area contributed by atoms with Gasteiger partial charge in [0.1, 0.15) is 5.69 Å². The number of nitrogens with two attached hydrogens (primary N) is 1. The van der Waals surface area contributed by atoms with Gasteiger partial charge >= 0.3 is 0 Å². The average molecular weight is 188 g/mol. The minimum Gasteiger partial charge on any atom is -0.325 e. The van der Waals surface area contributed by atoms with Gasteiger partial charge in [-0.3, -0.25) is 10.1 Å². The summed E-state index contributed by atoms with van der Waals surface area (Å²) in [6.07, 6.45) is 1.78. The Hall–Kier alpha value is -1.68. The molecular weight excluding hydrogens is 176 g/mol. The Morgan fingerprint density at radius 2 is 2.21 bits per heavy atom. The first-order valence-corrected chi connectivity index (χ1v) is 4.47. The molecule has 4 heteroatoms. The van der Waals surface area contributed by atoms with Crippen molar-refractivity contribution in [3.8, 4) is 11.4 Å². The predicted octanol–water partition coefficient (Wildman–Crippen LogP) is 1.24. The lowest BCUT2D eigenvalue weighted by Gasteiger charge is -1.95. The van der Waals surface area contributed by atoms with E-state index in [1.165, 1.54) is 5.56 Å². The summed E-state index contributed by atoms with van der Waals surface area (Å²) in [6.45, 7) is 2.50. The number of nitrogens with zero attached hydrogens (tertiary/aromatic N) is 2. The van der Waals surface area contributed by atoms with Crippen molar-refractivity contribution in [3.05, 3.63) is 35.7 Å². The van der Waals surface area contributed by atoms with Crippen LogP contribution in [0.5, 0.6) is 0 Å². The molecule has 4 nitrogen and oxygen atoms in total. The largest absolute Gasteiger partial charge is 0.325 e. The minimum atomic E-state index is 0.471. The van der Waals surface area contributed by atoms with Crippen LogP contribution in [0, 0.1) is 6.92 Å². The maximum absolute atomic E-state index is 5.48. The van der Waals surface area contributed by atoms with E-state index in [0.717, 1.165) is 17.1 Å². The van der Waals surface area contributed by atoms with E-state index in [1.807, 2.05) is 25.1 Å². The van der Waals surface area contributed by atoms with Gasteiger partial charge < -0.3 is 5.73 Å². The van der Waals surface area contributed by atoms with Crippen molar-refractivity contribution in [3.63, 3.8) is 0 Å². The van der Waals surface area contributed by atoms with E-state index in [-0.39, 0.29) is 0 Å². The predicted molar refractivity (Wildman–Crippen MR) is 54.4 cm³/mol. The van der Waals surface area contributed by atoms with E-state index in [4.69, 9.17) is 5.73 Å². The first-order chi connectivity index (χ1) is 6.79. The number of pyridine rings is 1. The topological polar surface area (TPSA) is 67.6 Å². The molecule has 0 atom stereocenters. The van der Waals surface area contributed by atoms with Gasteiger partial charge in [0.05, 0.1) is 5.69 Å². The van der Waals surface area contributed by atoms with Crippen molar-refractivity contribution < 1.29 is 0 Å². The van der Waals surface area contributed by atoms with Gasteiger partial charge in [-0.2, -0.15) is 5.10 Å². The third-order valence-electron chi connectivity index (χ3n) is 2.03. The van der Waals surface area contributed by atoms with Crippen LogP contribution < -0.4 is 5.73 Å². The molecule has 0 bridgehead atoms. The molecule has 0 saturated heterocycles. The molecular formula is C10H12N4. The third-order valence-corrected chi connectivity index (χ3v) is 2.03. The van der Waals surface area contributed by atoms with Gasteiger partial charge in [-0.15, -0.1) is 0 Å². The number of hydrogen-bond acceptors (Lipinski definition) is 3. The monoisotopic (exact) mass is 188 g/mol. The molecule has 0 amide bonds. The fourth-order valence-electron chi connectivity index (χ4n) is 1.27. The summed E-state index contributed by atoms with van der Waals surface area (Å²) in [7, 11) is 0. The first-order valence-electron chi connectivity index (χ1n) is 4.47. The van der Waals surface area contributed by atoms with Gasteiger partial charge in [0.25, 0.3) is 0 Å². The summed E-state index contributed by atoms with van der Waals surface area (Å²) in [6, 6.07) is 5.87. The summed E-state index contributed by atoms with van der Waals surface area (Å²) in [4.78, 5) is 4.23. The fraction of sp³-hybridized carbons (Fsp3) is 0.200. The van der Waals surface area contributed by atoms with Crippen molar-refractivity contribution in [2.45, 2.75) is 13.5 Å². The van der Waals surface area contributed by atoms with E-state index in [0.29, 0.717) is 6.54 Å². The summed E-state index contributed by atoms with van der Waals surface area (Å²) < 4.78 is 0. The second kappa shape index (κ2) is 3.59. The SMILES string of the molecule is Cc1ccnc(-c2cc(CN)[nH]n2)c1. The normalized spacial score (nSPS) is 10.4. The molecule has 0 aliphatic heterocycles. The van der Waals surface area contributed by atoms with Crippen molar-refractivity contribution in [1.29, 1.82) is 0 Å². The van der Waals surface area contributed by atoms with E-state index >= 15 is 0 Å². The number of nitrogens with one attached hydrogen (secondary N) is 1. The molecule has 0 fully saturated rings. The molecule has 2 aromatic rings. The van der Waals surface area contributed by atoms with Crippen molar-refractivity contribution in [1.82, 2.24) is 15.2 Å². The molecule has 0 radical (unpaired) electrons. The lowest BCUT2D eigenvalue weighted by molar-refractivity contribution is 0.947. The molecule has 0 aliphatic carbocycles. The molecule has 0 saturated carbocycles. The molecule has 14 heavy (non-hydrogen) atoms. The summed E-state index contributed by atoms with van der Waals surface area (Å²) >= 11 is 0. The highest BCUT2D eigenvalue weighted by molar-refractivity contribution is 5.54. The number of rotatable bonds is 2. The lowest BCUT2D eigenvalue weighted by atomic mass is 10.2. The van der Waals surface area contributed by atoms with Gasteiger partial charge in [0, 0.05) is 18.4 Å². The highest BCUT2D eigenvalue weighted by atomic mass is 15.1. The van der Waals surface area contributed by atoms with Gasteiger partial charge in [0.15, 0.2) is 0 Å². The number of aromatic nitrogens is 3. The Balaban J connectivity index is 2.39. The van der Waals surface area contributed by atoms with Crippen molar-refractivity contribution in [2.24, 2.45) is 5.73 Å². The average Bonchev–Trinajstić information content (AvgIpc) is 2.66. The molecule has 72 valence electrons. The zero-order valence-corrected chi connectivity index (χ0v) is 7.99. The Kier molecular flexibility index (Phi) is 2.28. The molecule has 3 N–H and O–H groups in total. The number of aryl methyl sites for hydroxylation is 1. The Morgan fingerprint density at radius 3 is 2.86 bits per heavy atom. The van der Waals surface area contributed by atoms with E-state index in [9.17, 15) is 0 Å². The zero-order chi connectivity index (χ0) is 9.97. The standard InChI is InChI=1S/C10H12N4/c1-7-2-3-12-9(4-7)10-5-8(6-11)13-14-10/h2-5H,6,11H2,1H3,(H,13,14). The van der Waals surface area contributed by atoms with Gasteiger partial charge in [-0.05, 0) is 30.7 Å². The molecule has 2 heterocycles. The van der Waals surface area contributed by atoms with Crippen LogP contribution in [0.4, 0.5) is 0 Å². The zero-order valence-electron chi connectivity index (χ0n) is 7.99. The van der Waals surface area contributed by atoms with Gasteiger partial charge in [0.2, 0.25) is 0 Å². The van der Waals surface area contributed by atoms with E-state index < -0.39 is 0 Å². The van der Waals surface area contributed by atoms with E-state index in [1.54, 1.807) is 6.20 Å². The molecule has 2 aromatic heterocycles. The van der Waals surface area contributed by atoms with E-state index in [2.05, 4.69) is 15.2 Å². The summed E-state index contributed by atoms with van der Waals surface area (Å²) in [5.41, 5.74) is 9.29. The number of aromatic amines is 1. The maximum Gasteiger partial charge on any atom is 0.111 e. The Morgan fingerprint density at radius 1 is 1.36 bits per heavy atom. The lowest BCUT2D eigenvalue weighted by Crippen LogP contribution is -1.95. The van der Waals surface area contributed by atoms with Gasteiger partial charge in [-0.1, -0.05) is 0 Å². The molecule has 0 aliphatic rings. The van der Waals surface area contributed by atoms with Crippen LogP contribution in [-0.4, -0.2) is 15.2 Å². The quantitative estimate of drug-likeness (QED) is 0.745. The summed E-state index contributed by atoms with van der Waals surface area (Å²) in [5, 5.41) is 6.99. The fourth-order valence-corrected chi connectivity index (χ4v) is 1.27. The first kappa shape index (κ1) is 8.90. The number of hydrogen-bond donors (Lipinski definition) is 2. The minimum absolute atomic E-state index is 0.471. The highest BCUT2D eigenvalue weighted by Crippen LogP contribution is 2.15. The molecule has 2 rings (SSSR count). The second-order valence-electron chi connectivity index (χ2n) is 3.20. The molecule has 0 spiro atoms. The Labute approximate surface area is 82.2 Å². The number of H-pyrrole nitrogens is 1. The van der Waals surface area contributed by atoms with Gasteiger partial charge in [-0.25, -0.2) is 0 Å². The second-order valence-corrected chi connectivity index (χ2v) is 3.20. The van der Waals surface area contributed by atoms with Crippen LogP contribution in [-0.2, 0) is 6.54 Å². The van der Waals surface area contributed by atoms with Crippen LogP contribution in [0.1, 0.15) is 11.3 Å². The Bertz CT molecular complexity index is 433. The highest BCUT2D eigenvalue weighted by Gasteiger charge is 2.03.